The number of hydrogen-bond acceptors (Lipinski definition) is 2. The first-order valence-corrected chi connectivity index (χ1v) is 5.05. The molecular formula is C12H13NO. The SMILES string of the molecule is NCC1CC1c1ccc2occc2c1. The summed E-state index contributed by atoms with van der Waals surface area (Å²) in [6.07, 6.45) is 2.99. The molecule has 14 heavy (non-hydrogen) atoms. The third-order valence-electron chi connectivity index (χ3n) is 3.13. The molecule has 2 aromatic rings. The van der Waals surface area contributed by atoms with Gasteiger partial charge in [-0.1, -0.05) is 6.07 Å². The van der Waals surface area contributed by atoms with E-state index in [-0.39, 0.29) is 0 Å². The van der Waals surface area contributed by atoms with Gasteiger partial charge in [0.1, 0.15) is 5.58 Å². The lowest BCUT2D eigenvalue weighted by Gasteiger charge is -1.98. The van der Waals surface area contributed by atoms with E-state index in [4.69, 9.17) is 10.2 Å². The van der Waals surface area contributed by atoms with Crippen molar-refractivity contribution in [1.82, 2.24) is 0 Å². The van der Waals surface area contributed by atoms with Gasteiger partial charge in [-0.05, 0) is 48.6 Å². The lowest BCUT2D eigenvalue weighted by molar-refractivity contribution is 0.615. The minimum Gasteiger partial charge on any atom is -0.464 e. The Bertz CT molecular complexity index is 460. The molecule has 1 aromatic heterocycles. The molecule has 0 aliphatic heterocycles. The van der Waals surface area contributed by atoms with E-state index in [1.54, 1.807) is 6.26 Å². The van der Waals surface area contributed by atoms with Crippen LogP contribution in [0.4, 0.5) is 0 Å². The average molecular weight is 187 g/mol. The van der Waals surface area contributed by atoms with Gasteiger partial charge in [-0.25, -0.2) is 0 Å². The summed E-state index contributed by atoms with van der Waals surface area (Å²) in [4.78, 5) is 0. The summed E-state index contributed by atoms with van der Waals surface area (Å²) in [5, 5.41) is 1.20. The van der Waals surface area contributed by atoms with Crippen molar-refractivity contribution >= 4 is 11.0 Å². The fraction of sp³-hybridized carbons (Fsp3) is 0.333. The van der Waals surface area contributed by atoms with Crippen LogP contribution in [-0.2, 0) is 0 Å². The maximum atomic E-state index is 5.64. The van der Waals surface area contributed by atoms with Crippen LogP contribution in [0.3, 0.4) is 0 Å². The second-order valence-electron chi connectivity index (χ2n) is 4.06. The molecule has 2 unspecified atom stereocenters. The quantitative estimate of drug-likeness (QED) is 0.784. The first kappa shape index (κ1) is 8.06. The van der Waals surface area contributed by atoms with E-state index in [1.165, 1.54) is 17.4 Å². The number of nitrogens with two attached hydrogens (primary N) is 1. The topological polar surface area (TPSA) is 39.2 Å². The fourth-order valence-corrected chi connectivity index (χ4v) is 2.13. The van der Waals surface area contributed by atoms with Gasteiger partial charge in [-0.15, -0.1) is 0 Å². The van der Waals surface area contributed by atoms with Crippen molar-refractivity contribution in [2.45, 2.75) is 12.3 Å². The molecule has 0 bridgehead atoms. The van der Waals surface area contributed by atoms with Gasteiger partial charge in [0, 0.05) is 5.39 Å². The molecule has 0 spiro atoms. The van der Waals surface area contributed by atoms with Crippen LogP contribution in [0.2, 0.25) is 0 Å². The summed E-state index contributed by atoms with van der Waals surface area (Å²) in [5.74, 6) is 1.40. The minimum absolute atomic E-state index is 0.694. The molecular weight excluding hydrogens is 174 g/mol. The third-order valence-corrected chi connectivity index (χ3v) is 3.13. The Hall–Kier alpha value is -1.28. The van der Waals surface area contributed by atoms with Crippen LogP contribution in [-0.4, -0.2) is 6.54 Å². The summed E-state index contributed by atoms with van der Waals surface area (Å²) >= 11 is 0. The predicted octanol–water partition coefficient (Wildman–Crippen LogP) is 2.50. The van der Waals surface area contributed by atoms with Crippen molar-refractivity contribution in [3.05, 3.63) is 36.1 Å². The number of benzene rings is 1. The molecule has 1 saturated carbocycles. The van der Waals surface area contributed by atoms with Crippen LogP contribution in [0.25, 0.3) is 11.0 Å². The van der Waals surface area contributed by atoms with Gasteiger partial charge in [-0.2, -0.15) is 0 Å². The first-order valence-electron chi connectivity index (χ1n) is 5.05. The summed E-state index contributed by atoms with van der Waals surface area (Å²) in [7, 11) is 0. The molecule has 1 aliphatic carbocycles. The highest BCUT2D eigenvalue weighted by Crippen LogP contribution is 2.47. The lowest BCUT2D eigenvalue weighted by atomic mass is 10.1. The molecule has 1 fully saturated rings. The van der Waals surface area contributed by atoms with E-state index in [2.05, 4.69) is 18.2 Å². The van der Waals surface area contributed by atoms with Crippen molar-refractivity contribution in [3.63, 3.8) is 0 Å². The molecule has 0 saturated heterocycles. The van der Waals surface area contributed by atoms with Crippen molar-refractivity contribution in [2.75, 3.05) is 6.54 Å². The van der Waals surface area contributed by atoms with Gasteiger partial charge in [0.05, 0.1) is 6.26 Å². The zero-order chi connectivity index (χ0) is 9.54. The minimum atomic E-state index is 0.694. The van der Waals surface area contributed by atoms with E-state index < -0.39 is 0 Å². The zero-order valence-electron chi connectivity index (χ0n) is 7.94. The van der Waals surface area contributed by atoms with Crippen LogP contribution < -0.4 is 5.73 Å². The Morgan fingerprint density at radius 3 is 3.07 bits per heavy atom. The lowest BCUT2D eigenvalue weighted by Crippen LogP contribution is -2.01. The van der Waals surface area contributed by atoms with Crippen LogP contribution in [0, 0.1) is 5.92 Å². The van der Waals surface area contributed by atoms with Crippen LogP contribution in [0.1, 0.15) is 17.9 Å². The Kier molecular flexibility index (Phi) is 1.64. The van der Waals surface area contributed by atoms with Crippen molar-refractivity contribution < 1.29 is 4.42 Å². The molecule has 1 heterocycles. The highest BCUT2D eigenvalue weighted by molar-refractivity contribution is 5.78. The normalized spacial score (nSPS) is 25.5. The van der Waals surface area contributed by atoms with E-state index in [9.17, 15) is 0 Å². The van der Waals surface area contributed by atoms with E-state index in [1.807, 2.05) is 6.07 Å². The first-order chi connectivity index (χ1) is 6.88. The molecule has 1 aromatic carbocycles. The van der Waals surface area contributed by atoms with Gasteiger partial charge < -0.3 is 10.2 Å². The second kappa shape index (κ2) is 2.85. The summed E-state index contributed by atoms with van der Waals surface area (Å²) in [6, 6.07) is 8.44. The Balaban J connectivity index is 1.98. The largest absolute Gasteiger partial charge is 0.464 e. The number of rotatable bonds is 2. The van der Waals surface area contributed by atoms with Gasteiger partial charge in [0.15, 0.2) is 0 Å². The number of furan rings is 1. The summed E-state index contributed by atoms with van der Waals surface area (Å²) < 4.78 is 5.30. The molecule has 0 amide bonds. The fourth-order valence-electron chi connectivity index (χ4n) is 2.13. The van der Waals surface area contributed by atoms with Gasteiger partial charge >= 0.3 is 0 Å². The van der Waals surface area contributed by atoms with Crippen molar-refractivity contribution in [1.29, 1.82) is 0 Å². The van der Waals surface area contributed by atoms with Crippen LogP contribution in [0.15, 0.2) is 34.9 Å². The van der Waals surface area contributed by atoms with Crippen LogP contribution >= 0.6 is 0 Å². The van der Waals surface area contributed by atoms with Gasteiger partial charge in [0.2, 0.25) is 0 Å². The highest BCUT2D eigenvalue weighted by Gasteiger charge is 2.36. The third kappa shape index (κ3) is 1.15. The monoisotopic (exact) mass is 187 g/mol. The summed E-state index contributed by atoms with van der Waals surface area (Å²) in [6.45, 7) is 0.814. The standard InChI is InChI=1S/C12H13NO/c13-7-10-6-11(10)8-1-2-12-9(5-8)3-4-14-12/h1-5,10-11H,6-7,13H2. The molecule has 2 heteroatoms. The zero-order valence-corrected chi connectivity index (χ0v) is 7.94. The smallest absolute Gasteiger partial charge is 0.133 e. The Morgan fingerprint density at radius 2 is 2.29 bits per heavy atom. The Morgan fingerprint density at radius 1 is 1.36 bits per heavy atom. The van der Waals surface area contributed by atoms with E-state index >= 15 is 0 Å². The Labute approximate surface area is 82.7 Å². The van der Waals surface area contributed by atoms with Gasteiger partial charge in [-0.3, -0.25) is 0 Å². The van der Waals surface area contributed by atoms with Crippen LogP contribution in [0.5, 0.6) is 0 Å². The molecule has 1 aliphatic rings. The molecule has 2 atom stereocenters. The van der Waals surface area contributed by atoms with Crippen molar-refractivity contribution in [2.24, 2.45) is 11.7 Å². The number of hydrogen-bond donors (Lipinski definition) is 1. The van der Waals surface area contributed by atoms with E-state index in [0.29, 0.717) is 11.8 Å². The average Bonchev–Trinajstić information content (AvgIpc) is 2.87. The molecule has 2 nitrogen and oxygen atoms in total. The second-order valence-corrected chi connectivity index (χ2v) is 4.06. The maximum absolute atomic E-state index is 5.64. The molecule has 3 rings (SSSR count). The van der Waals surface area contributed by atoms with Crippen molar-refractivity contribution in [3.8, 4) is 0 Å². The van der Waals surface area contributed by atoms with Gasteiger partial charge in [0.25, 0.3) is 0 Å². The predicted molar refractivity (Wildman–Crippen MR) is 56.1 cm³/mol. The number of fused-ring (bicyclic) bond motifs is 1. The highest BCUT2D eigenvalue weighted by atomic mass is 16.3. The molecule has 72 valence electrons. The maximum Gasteiger partial charge on any atom is 0.133 e. The molecule has 2 N–H and O–H groups in total. The molecule has 0 radical (unpaired) electrons. The summed E-state index contributed by atoms with van der Waals surface area (Å²) in [5.41, 5.74) is 8.02. The van der Waals surface area contributed by atoms with E-state index in [0.717, 1.165) is 12.1 Å².